The van der Waals surface area contributed by atoms with Gasteiger partial charge in [0.05, 0.1) is 17.4 Å². The summed E-state index contributed by atoms with van der Waals surface area (Å²) in [6, 6.07) is 6.58. The zero-order valence-corrected chi connectivity index (χ0v) is 14.0. The third-order valence-corrected chi connectivity index (χ3v) is 3.78. The summed E-state index contributed by atoms with van der Waals surface area (Å²) in [6.45, 7) is 3.59. The Morgan fingerprint density at radius 3 is 2.57 bits per heavy atom. The molecule has 2 aromatic rings. The van der Waals surface area contributed by atoms with Gasteiger partial charge >= 0.3 is 5.97 Å². The first-order valence-electron chi connectivity index (χ1n) is 7.03. The normalized spacial score (nSPS) is 10.6. The first-order valence-corrected chi connectivity index (χ1v) is 8.02. The molecule has 0 radical (unpaired) electrons. The van der Waals surface area contributed by atoms with Crippen molar-refractivity contribution in [3.8, 4) is 0 Å². The minimum absolute atomic E-state index is 0.157. The van der Waals surface area contributed by atoms with Gasteiger partial charge in [-0.05, 0) is 38.1 Å². The molecule has 2 rings (SSSR count). The molecule has 0 atom stereocenters. The highest BCUT2D eigenvalue weighted by atomic mass is 32.2. The molecule has 0 fully saturated rings. The Hall–Kier alpha value is -2.35. The molecular formula is C15H18N4O3S. The lowest BCUT2D eigenvalue weighted by Gasteiger charge is -2.09. The minimum Gasteiger partial charge on any atom is -0.459 e. The molecule has 0 aliphatic carbocycles. The van der Waals surface area contributed by atoms with Crippen molar-refractivity contribution in [2.24, 2.45) is 7.05 Å². The topological polar surface area (TPSA) is 86.1 Å². The van der Waals surface area contributed by atoms with Crippen LogP contribution in [0.1, 0.15) is 24.2 Å². The number of amides is 1. The van der Waals surface area contributed by atoms with Crippen LogP contribution in [0.15, 0.2) is 35.7 Å². The first kappa shape index (κ1) is 17.0. The van der Waals surface area contributed by atoms with Crippen LogP contribution in [0.2, 0.25) is 0 Å². The Morgan fingerprint density at radius 2 is 2.00 bits per heavy atom. The lowest BCUT2D eigenvalue weighted by molar-refractivity contribution is -0.113. The van der Waals surface area contributed by atoms with Crippen molar-refractivity contribution in [3.63, 3.8) is 0 Å². The van der Waals surface area contributed by atoms with Crippen LogP contribution in [0.25, 0.3) is 0 Å². The molecule has 0 saturated heterocycles. The predicted octanol–water partition coefficient (Wildman–Crippen LogP) is 2.11. The molecule has 8 heteroatoms. The van der Waals surface area contributed by atoms with E-state index in [1.807, 2.05) is 7.05 Å². The van der Waals surface area contributed by atoms with E-state index < -0.39 is 0 Å². The molecule has 0 spiro atoms. The number of thioether (sulfide) groups is 1. The van der Waals surface area contributed by atoms with Gasteiger partial charge in [0.15, 0.2) is 5.16 Å². The lowest BCUT2D eigenvalue weighted by Crippen LogP contribution is -2.15. The molecule has 1 N–H and O–H groups in total. The fraction of sp³-hybridized carbons (Fsp3) is 0.333. The standard InChI is InChI=1S/C15H18N4O3S/c1-10(2)22-14(21)11-4-6-12(7-5-11)17-13(20)8-23-15-18-16-9-19(15)3/h4-7,9-10H,8H2,1-3H3,(H,17,20). The Morgan fingerprint density at radius 1 is 1.30 bits per heavy atom. The SMILES string of the molecule is CC(C)OC(=O)c1ccc(NC(=O)CSc2nncn2C)cc1. The number of hydrogen-bond donors (Lipinski definition) is 1. The van der Waals surface area contributed by atoms with Gasteiger partial charge in [-0.3, -0.25) is 4.79 Å². The summed E-state index contributed by atoms with van der Waals surface area (Å²) in [7, 11) is 1.81. The van der Waals surface area contributed by atoms with E-state index in [1.54, 1.807) is 49.0 Å². The Balaban J connectivity index is 1.86. The number of nitrogens with zero attached hydrogens (tertiary/aromatic N) is 3. The highest BCUT2D eigenvalue weighted by molar-refractivity contribution is 7.99. The molecule has 1 aromatic carbocycles. The molecule has 0 aliphatic rings. The highest BCUT2D eigenvalue weighted by Gasteiger charge is 2.10. The first-order chi connectivity index (χ1) is 11.0. The van der Waals surface area contributed by atoms with Gasteiger partial charge in [-0.2, -0.15) is 0 Å². The molecule has 23 heavy (non-hydrogen) atoms. The maximum absolute atomic E-state index is 11.9. The van der Waals surface area contributed by atoms with Crippen molar-refractivity contribution < 1.29 is 14.3 Å². The number of hydrogen-bond acceptors (Lipinski definition) is 6. The third-order valence-electron chi connectivity index (χ3n) is 2.75. The molecule has 122 valence electrons. The molecule has 1 amide bonds. The zero-order valence-electron chi connectivity index (χ0n) is 13.1. The summed E-state index contributed by atoms with van der Waals surface area (Å²) in [6.07, 6.45) is 1.41. The van der Waals surface area contributed by atoms with Crippen LogP contribution in [0.5, 0.6) is 0 Å². The average Bonchev–Trinajstić information content (AvgIpc) is 2.90. The highest BCUT2D eigenvalue weighted by Crippen LogP contribution is 2.15. The van der Waals surface area contributed by atoms with Crippen molar-refractivity contribution in [2.75, 3.05) is 11.1 Å². The molecule has 0 aliphatic heterocycles. The van der Waals surface area contributed by atoms with E-state index in [-0.39, 0.29) is 23.7 Å². The smallest absolute Gasteiger partial charge is 0.338 e. The largest absolute Gasteiger partial charge is 0.459 e. The number of rotatable bonds is 6. The Kier molecular flexibility index (Phi) is 5.75. The van der Waals surface area contributed by atoms with Crippen LogP contribution in [-0.2, 0) is 16.6 Å². The maximum atomic E-state index is 11.9. The molecule has 1 heterocycles. The summed E-state index contributed by atoms with van der Waals surface area (Å²) >= 11 is 1.30. The minimum atomic E-state index is -0.379. The van der Waals surface area contributed by atoms with Crippen LogP contribution >= 0.6 is 11.8 Å². The number of aryl methyl sites for hydroxylation is 1. The summed E-state index contributed by atoms with van der Waals surface area (Å²) in [5, 5.41) is 11.1. The van der Waals surface area contributed by atoms with Crippen LogP contribution in [-0.4, -0.2) is 38.5 Å². The number of aromatic nitrogens is 3. The third kappa shape index (κ3) is 5.10. The maximum Gasteiger partial charge on any atom is 0.338 e. The van der Waals surface area contributed by atoms with Gasteiger partial charge in [0.1, 0.15) is 6.33 Å². The van der Waals surface area contributed by atoms with Crippen molar-refractivity contribution >= 4 is 29.3 Å². The second-order valence-electron chi connectivity index (χ2n) is 5.09. The fourth-order valence-corrected chi connectivity index (χ4v) is 2.39. The second kappa shape index (κ2) is 7.77. The van der Waals surface area contributed by atoms with Crippen molar-refractivity contribution in [2.45, 2.75) is 25.1 Å². The van der Waals surface area contributed by atoms with Gasteiger partial charge in [-0.1, -0.05) is 11.8 Å². The van der Waals surface area contributed by atoms with Gasteiger partial charge in [0, 0.05) is 12.7 Å². The fourth-order valence-electron chi connectivity index (χ4n) is 1.70. The van der Waals surface area contributed by atoms with E-state index in [0.717, 1.165) is 0 Å². The quantitative estimate of drug-likeness (QED) is 0.643. The number of benzene rings is 1. The van der Waals surface area contributed by atoms with Crippen molar-refractivity contribution in [3.05, 3.63) is 36.2 Å². The van der Waals surface area contributed by atoms with Gasteiger partial charge in [0.25, 0.3) is 0 Å². The molecule has 0 unspecified atom stereocenters. The monoisotopic (exact) mass is 334 g/mol. The van der Waals surface area contributed by atoms with E-state index in [4.69, 9.17) is 4.74 Å². The number of anilines is 1. The molecule has 1 aromatic heterocycles. The van der Waals surface area contributed by atoms with Gasteiger partial charge in [-0.15, -0.1) is 10.2 Å². The lowest BCUT2D eigenvalue weighted by atomic mass is 10.2. The average molecular weight is 334 g/mol. The van der Waals surface area contributed by atoms with Crippen molar-refractivity contribution in [1.82, 2.24) is 14.8 Å². The summed E-state index contributed by atoms with van der Waals surface area (Å²) in [5.41, 5.74) is 1.07. The Labute approximate surface area is 138 Å². The van der Waals surface area contributed by atoms with Gasteiger partial charge in [-0.25, -0.2) is 4.79 Å². The second-order valence-corrected chi connectivity index (χ2v) is 6.04. The van der Waals surface area contributed by atoms with Crippen LogP contribution < -0.4 is 5.32 Å². The van der Waals surface area contributed by atoms with Crippen molar-refractivity contribution in [1.29, 1.82) is 0 Å². The molecule has 0 saturated carbocycles. The predicted molar refractivity (Wildman–Crippen MR) is 87.4 cm³/mol. The summed E-state index contributed by atoms with van der Waals surface area (Å²) < 4.78 is 6.85. The number of carbonyl (C=O) groups excluding carboxylic acids is 2. The number of ether oxygens (including phenoxy) is 1. The number of nitrogens with one attached hydrogen (secondary N) is 1. The molecular weight excluding hydrogens is 316 g/mol. The number of esters is 1. The number of carbonyl (C=O) groups is 2. The Bertz CT molecular complexity index is 682. The van der Waals surface area contributed by atoms with E-state index in [2.05, 4.69) is 15.5 Å². The van der Waals surface area contributed by atoms with Crippen LogP contribution in [0.4, 0.5) is 5.69 Å². The van der Waals surface area contributed by atoms with E-state index in [0.29, 0.717) is 16.4 Å². The summed E-state index contributed by atoms with van der Waals surface area (Å²) in [5.74, 6) is -0.310. The van der Waals surface area contributed by atoms with E-state index in [9.17, 15) is 9.59 Å². The van der Waals surface area contributed by atoms with Gasteiger partial charge in [0.2, 0.25) is 5.91 Å². The van der Waals surface area contributed by atoms with Gasteiger partial charge < -0.3 is 14.6 Å². The molecule has 0 bridgehead atoms. The van der Waals surface area contributed by atoms with Crippen LogP contribution in [0.3, 0.4) is 0 Å². The summed E-state index contributed by atoms with van der Waals surface area (Å²) in [4.78, 5) is 23.6. The van der Waals surface area contributed by atoms with E-state index in [1.165, 1.54) is 11.8 Å². The van der Waals surface area contributed by atoms with E-state index >= 15 is 0 Å². The zero-order chi connectivity index (χ0) is 16.8. The molecule has 7 nitrogen and oxygen atoms in total. The van der Waals surface area contributed by atoms with Crippen LogP contribution in [0, 0.1) is 0 Å².